The molecule has 2 aromatic carbocycles. The standard InChI is InChI=1S/C16H15NO2S2/c1-17(2)14(16(18)19)10-6-5-9-13-15(10)21-12-8-4-3-7-11(12)20-13/h3-9,14H,1-2H3,(H,18,19)/t14-/m1/s1. The first-order valence-corrected chi connectivity index (χ1v) is 8.18. The number of carbonyl (C=O) groups is 1. The van der Waals surface area contributed by atoms with Crippen molar-refractivity contribution in [3.05, 3.63) is 48.0 Å². The third-order valence-corrected chi connectivity index (χ3v) is 5.97. The number of aliphatic carboxylic acids is 1. The maximum atomic E-state index is 11.6. The van der Waals surface area contributed by atoms with E-state index >= 15 is 0 Å². The van der Waals surface area contributed by atoms with E-state index in [1.807, 2.05) is 24.3 Å². The minimum Gasteiger partial charge on any atom is -0.480 e. The van der Waals surface area contributed by atoms with Crippen molar-refractivity contribution in [1.82, 2.24) is 4.90 Å². The molecular formula is C16H15NO2S2. The van der Waals surface area contributed by atoms with Crippen molar-refractivity contribution in [2.45, 2.75) is 25.6 Å². The van der Waals surface area contributed by atoms with Crippen molar-refractivity contribution in [3.63, 3.8) is 0 Å². The maximum absolute atomic E-state index is 11.6. The van der Waals surface area contributed by atoms with Gasteiger partial charge in [0.1, 0.15) is 6.04 Å². The molecule has 3 nitrogen and oxygen atoms in total. The van der Waals surface area contributed by atoms with Gasteiger partial charge in [-0.1, -0.05) is 47.8 Å². The molecule has 1 N–H and O–H groups in total. The first-order chi connectivity index (χ1) is 10.1. The van der Waals surface area contributed by atoms with E-state index in [1.54, 1.807) is 42.5 Å². The summed E-state index contributed by atoms with van der Waals surface area (Å²) in [6, 6.07) is 13.5. The average molecular weight is 317 g/mol. The summed E-state index contributed by atoms with van der Waals surface area (Å²) in [5.74, 6) is -0.821. The van der Waals surface area contributed by atoms with Crippen molar-refractivity contribution in [2.75, 3.05) is 14.1 Å². The molecule has 3 rings (SSSR count). The van der Waals surface area contributed by atoms with E-state index in [-0.39, 0.29) is 0 Å². The number of fused-ring (bicyclic) bond motifs is 2. The molecule has 21 heavy (non-hydrogen) atoms. The lowest BCUT2D eigenvalue weighted by Gasteiger charge is -2.26. The number of nitrogens with zero attached hydrogens (tertiary/aromatic N) is 1. The molecule has 1 aliphatic heterocycles. The van der Waals surface area contributed by atoms with Crippen LogP contribution >= 0.6 is 23.5 Å². The molecule has 0 unspecified atom stereocenters. The zero-order valence-electron chi connectivity index (χ0n) is 11.7. The van der Waals surface area contributed by atoms with Crippen molar-refractivity contribution in [3.8, 4) is 0 Å². The first-order valence-electron chi connectivity index (χ1n) is 6.55. The predicted octanol–water partition coefficient (Wildman–Crippen LogP) is 3.99. The van der Waals surface area contributed by atoms with Crippen LogP contribution in [0.3, 0.4) is 0 Å². The van der Waals surface area contributed by atoms with Gasteiger partial charge in [0, 0.05) is 19.6 Å². The van der Waals surface area contributed by atoms with Gasteiger partial charge in [0.25, 0.3) is 0 Å². The summed E-state index contributed by atoms with van der Waals surface area (Å²) in [6.45, 7) is 0. The van der Waals surface area contributed by atoms with Gasteiger partial charge in [-0.05, 0) is 37.9 Å². The Kier molecular flexibility index (Phi) is 3.97. The molecule has 0 saturated carbocycles. The Morgan fingerprint density at radius 2 is 1.62 bits per heavy atom. The summed E-state index contributed by atoms with van der Waals surface area (Å²) in [6.07, 6.45) is 0. The van der Waals surface area contributed by atoms with E-state index in [0.29, 0.717) is 0 Å². The Balaban J connectivity index is 2.09. The van der Waals surface area contributed by atoms with Gasteiger partial charge in [0.2, 0.25) is 0 Å². The Labute approximate surface area is 132 Å². The monoisotopic (exact) mass is 317 g/mol. The second-order valence-corrected chi connectivity index (χ2v) is 7.17. The van der Waals surface area contributed by atoms with Gasteiger partial charge >= 0.3 is 5.97 Å². The Bertz CT molecular complexity index is 700. The molecule has 1 heterocycles. The minimum absolute atomic E-state index is 0.627. The summed E-state index contributed by atoms with van der Waals surface area (Å²) < 4.78 is 0. The van der Waals surface area contributed by atoms with Crippen LogP contribution in [0.1, 0.15) is 11.6 Å². The van der Waals surface area contributed by atoms with Gasteiger partial charge in [0.15, 0.2) is 0 Å². The fourth-order valence-electron chi connectivity index (χ4n) is 2.42. The van der Waals surface area contributed by atoms with E-state index in [0.717, 1.165) is 15.4 Å². The van der Waals surface area contributed by atoms with Gasteiger partial charge in [-0.2, -0.15) is 0 Å². The zero-order chi connectivity index (χ0) is 15.0. The van der Waals surface area contributed by atoms with Crippen LogP contribution in [0.15, 0.2) is 62.0 Å². The lowest BCUT2D eigenvalue weighted by atomic mass is 10.1. The minimum atomic E-state index is -0.821. The molecule has 5 heteroatoms. The number of benzene rings is 2. The molecule has 0 fully saturated rings. The fraction of sp³-hybridized carbons (Fsp3) is 0.188. The maximum Gasteiger partial charge on any atom is 0.325 e. The topological polar surface area (TPSA) is 40.5 Å². The number of hydrogen-bond acceptors (Lipinski definition) is 4. The van der Waals surface area contributed by atoms with Crippen LogP contribution < -0.4 is 0 Å². The number of rotatable bonds is 3. The highest BCUT2D eigenvalue weighted by Gasteiger charge is 2.28. The van der Waals surface area contributed by atoms with Crippen LogP contribution in [0.25, 0.3) is 0 Å². The van der Waals surface area contributed by atoms with Crippen molar-refractivity contribution >= 4 is 29.5 Å². The van der Waals surface area contributed by atoms with Crippen LogP contribution in [0.5, 0.6) is 0 Å². The Morgan fingerprint density at radius 1 is 1.00 bits per heavy atom. The van der Waals surface area contributed by atoms with Gasteiger partial charge < -0.3 is 5.11 Å². The van der Waals surface area contributed by atoms with Crippen LogP contribution in [0, 0.1) is 0 Å². The highest BCUT2D eigenvalue weighted by atomic mass is 32.2. The highest BCUT2D eigenvalue weighted by Crippen LogP contribution is 2.50. The number of hydrogen-bond donors (Lipinski definition) is 1. The van der Waals surface area contributed by atoms with E-state index in [4.69, 9.17) is 0 Å². The second kappa shape index (κ2) is 5.75. The van der Waals surface area contributed by atoms with E-state index in [1.165, 1.54) is 9.79 Å². The summed E-state index contributed by atoms with van der Waals surface area (Å²) in [5.41, 5.74) is 0.858. The molecule has 2 aromatic rings. The molecular weight excluding hydrogens is 302 g/mol. The van der Waals surface area contributed by atoms with E-state index < -0.39 is 12.0 Å². The van der Waals surface area contributed by atoms with Gasteiger partial charge in [0.05, 0.1) is 0 Å². The Morgan fingerprint density at radius 3 is 2.24 bits per heavy atom. The van der Waals surface area contributed by atoms with Crippen LogP contribution in [-0.2, 0) is 4.79 Å². The lowest BCUT2D eigenvalue weighted by Crippen LogP contribution is -2.28. The average Bonchev–Trinajstić information content (AvgIpc) is 2.45. The zero-order valence-corrected chi connectivity index (χ0v) is 13.4. The van der Waals surface area contributed by atoms with Gasteiger partial charge in [-0.25, -0.2) is 0 Å². The van der Waals surface area contributed by atoms with Crippen LogP contribution in [0.4, 0.5) is 0 Å². The normalized spacial score (nSPS) is 14.4. The molecule has 0 saturated heterocycles. The quantitative estimate of drug-likeness (QED) is 0.791. The molecule has 1 aliphatic rings. The summed E-state index contributed by atoms with van der Waals surface area (Å²) >= 11 is 3.37. The molecule has 0 aromatic heterocycles. The lowest BCUT2D eigenvalue weighted by molar-refractivity contribution is -0.142. The molecule has 0 aliphatic carbocycles. The van der Waals surface area contributed by atoms with Gasteiger partial charge in [-0.3, -0.25) is 9.69 Å². The van der Waals surface area contributed by atoms with Crippen molar-refractivity contribution in [2.24, 2.45) is 0 Å². The molecule has 108 valence electrons. The van der Waals surface area contributed by atoms with Gasteiger partial charge in [-0.15, -0.1) is 0 Å². The SMILES string of the molecule is CN(C)[C@@H](C(=O)O)c1cccc2c1Sc1ccccc1S2. The smallest absolute Gasteiger partial charge is 0.325 e. The molecule has 0 radical (unpaired) electrons. The van der Waals surface area contributed by atoms with Crippen molar-refractivity contribution < 1.29 is 9.90 Å². The summed E-state index contributed by atoms with van der Waals surface area (Å²) in [4.78, 5) is 18.0. The largest absolute Gasteiger partial charge is 0.480 e. The number of carboxylic acids is 1. The molecule has 1 atom stereocenters. The third kappa shape index (κ3) is 2.69. The van der Waals surface area contributed by atoms with E-state index in [9.17, 15) is 9.90 Å². The molecule has 0 amide bonds. The highest BCUT2D eigenvalue weighted by molar-refractivity contribution is 8.05. The van der Waals surface area contributed by atoms with Crippen LogP contribution in [-0.4, -0.2) is 30.1 Å². The van der Waals surface area contributed by atoms with Crippen LogP contribution in [0.2, 0.25) is 0 Å². The summed E-state index contributed by atoms with van der Waals surface area (Å²) in [5, 5.41) is 9.54. The Hall–Kier alpha value is -1.43. The fourth-order valence-corrected chi connectivity index (χ4v) is 4.83. The molecule has 0 spiro atoms. The second-order valence-electron chi connectivity index (χ2n) is 5.03. The number of likely N-dealkylation sites (N-methyl/N-ethyl adjacent to an activating group) is 1. The first kappa shape index (κ1) is 14.5. The van der Waals surface area contributed by atoms with Crippen molar-refractivity contribution in [1.29, 1.82) is 0 Å². The third-order valence-electron chi connectivity index (χ3n) is 3.34. The predicted molar refractivity (Wildman–Crippen MR) is 85.2 cm³/mol. The summed E-state index contributed by atoms with van der Waals surface area (Å²) in [7, 11) is 3.60. The molecule has 0 bridgehead atoms. The number of carboxylic acid groups (broad SMARTS) is 1. The van der Waals surface area contributed by atoms with E-state index in [2.05, 4.69) is 18.2 Å².